The Hall–Kier alpha value is 0.0164. The van der Waals surface area contributed by atoms with E-state index in [1.165, 1.54) is 0 Å². The molecule has 1 rings (SSSR count). The van der Waals surface area contributed by atoms with Crippen LogP contribution in [0.3, 0.4) is 0 Å². The Morgan fingerprint density at radius 3 is 2.31 bits per heavy atom. The summed E-state index contributed by atoms with van der Waals surface area (Å²) in [5, 5.41) is 7.40. The normalized spacial score (nSPS) is 7.85. The molecular formula is C10H10KNO. The van der Waals surface area contributed by atoms with E-state index in [0.717, 1.165) is 5.56 Å². The summed E-state index contributed by atoms with van der Waals surface area (Å²) in [5.74, 6) is 0.209. The molecule has 3 heteroatoms. The van der Waals surface area contributed by atoms with Crippen molar-refractivity contribution in [1.82, 2.24) is 0 Å². The first-order valence-electron chi connectivity index (χ1n) is 4.15. The van der Waals surface area contributed by atoms with E-state index in [1.807, 2.05) is 37.4 Å². The van der Waals surface area contributed by atoms with Crippen molar-refractivity contribution >= 4 is 54.7 Å². The fourth-order valence-corrected chi connectivity index (χ4v) is 0.828. The van der Waals surface area contributed by atoms with Crippen LogP contribution in [0.25, 0.3) is 0 Å². The zero-order valence-electron chi connectivity index (χ0n) is 7.95. The van der Waals surface area contributed by atoms with Crippen LogP contribution in [0.4, 0.5) is 0 Å². The first-order valence-corrected chi connectivity index (χ1v) is 5.71. The van der Waals surface area contributed by atoms with Gasteiger partial charge in [0.05, 0.1) is 0 Å². The summed E-state index contributed by atoms with van der Waals surface area (Å²) in [7, 11) is 0. The topological polar surface area (TPSA) is 40.9 Å². The molecule has 0 radical (unpaired) electrons. The molecule has 0 N–H and O–H groups in total. The number of hydrogen-bond acceptors (Lipinski definition) is 2. The molecule has 0 spiro atoms. The van der Waals surface area contributed by atoms with Gasteiger partial charge in [0.2, 0.25) is 0 Å². The Morgan fingerprint density at radius 2 is 1.92 bits per heavy atom. The van der Waals surface area contributed by atoms with Gasteiger partial charge in [0.1, 0.15) is 0 Å². The van der Waals surface area contributed by atoms with Crippen molar-refractivity contribution in [1.29, 1.82) is 5.26 Å². The van der Waals surface area contributed by atoms with E-state index >= 15 is 0 Å². The molecule has 2 nitrogen and oxygen atoms in total. The van der Waals surface area contributed by atoms with Gasteiger partial charge in [0.15, 0.2) is 5.78 Å². The van der Waals surface area contributed by atoms with Crippen LogP contribution in [0.1, 0.15) is 23.7 Å². The van der Waals surface area contributed by atoms with Gasteiger partial charge in [0.25, 0.3) is 0 Å². The van der Waals surface area contributed by atoms with Crippen LogP contribution in [-0.2, 0) is 0 Å². The average Bonchev–Trinajstić information content (AvgIpc) is 2.19. The molecule has 0 saturated heterocycles. The van der Waals surface area contributed by atoms with E-state index < -0.39 is 0 Å². The Labute approximate surface area is 113 Å². The monoisotopic (exact) mass is 199 g/mol. The molecule has 0 atom stereocenters. The first kappa shape index (κ1) is 13.0. The number of hydrogen-bond donors (Lipinski definition) is 0. The zero-order chi connectivity index (χ0) is 10.1. The van der Waals surface area contributed by atoms with Gasteiger partial charge in [-0.1, -0.05) is 37.3 Å². The van der Waals surface area contributed by atoms with E-state index in [9.17, 15) is 4.79 Å². The SMILES string of the molecule is CCC(=O)c1ccccc1.N#[C][K]. The Kier molecular flexibility index (Phi) is 8.62. The second-order valence-corrected chi connectivity index (χ2v) is 3.06. The van der Waals surface area contributed by atoms with Crippen molar-refractivity contribution in [3.8, 4) is 0.164 Å². The molecule has 0 aliphatic carbocycles. The minimum absolute atomic E-state index is 0.209. The molecule has 0 unspecified atom stereocenters. The van der Waals surface area contributed by atoms with Crippen LogP contribution >= 0.6 is 0 Å². The molecule has 0 bridgehead atoms. The molecule has 13 heavy (non-hydrogen) atoms. The minimum atomic E-state index is 0.209. The number of rotatable bonds is 2. The number of carbonyl (C=O) groups excluding carboxylic acids is 1. The summed E-state index contributed by atoms with van der Waals surface area (Å²) in [5.41, 5.74) is 0.810. The van der Waals surface area contributed by atoms with E-state index in [4.69, 9.17) is 5.26 Å². The van der Waals surface area contributed by atoms with Gasteiger partial charge in [-0.15, -0.1) is 0 Å². The summed E-state index contributed by atoms with van der Waals surface area (Å²) in [6.07, 6.45) is 0.587. The number of Topliss-reactive ketones (excluding diaryl/α,β-unsaturated/α-hetero) is 1. The third-order valence-electron chi connectivity index (χ3n) is 1.42. The summed E-state index contributed by atoms with van der Waals surface area (Å²) in [4.78, 5) is 11.0. The quantitative estimate of drug-likeness (QED) is 0.539. The molecule has 0 aromatic heterocycles. The van der Waals surface area contributed by atoms with Crippen LogP contribution in [-0.4, -0.2) is 54.7 Å². The number of carbonyl (C=O) groups is 1. The summed E-state index contributed by atoms with van der Waals surface area (Å²) in [6.45, 7) is 1.87. The van der Waals surface area contributed by atoms with E-state index in [0.29, 0.717) is 55.4 Å². The van der Waals surface area contributed by atoms with Gasteiger partial charge in [0, 0.05) is 12.0 Å². The molecule has 1 aromatic carbocycles. The maximum atomic E-state index is 11.0. The Balaban J connectivity index is 0.000000424. The second kappa shape index (κ2) is 8.61. The molecular weight excluding hydrogens is 189 g/mol. The van der Waals surface area contributed by atoms with Gasteiger partial charge in [-0.3, -0.25) is 4.79 Å². The van der Waals surface area contributed by atoms with Crippen molar-refractivity contribution in [3.63, 3.8) is 0 Å². The third-order valence-corrected chi connectivity index (χ3v) is 1.42. The van der Waals surface area contributed by atoms with Crippen molar-refractivity contribution in [2.45, 2.75) is 13.3 Å². The average molecular weight is 199 g/mol. The van der Waals surface area contributed by atoms with E-state index in [-0.39, 0.29) is 5.78 Å². The molecule has 0 fully saturated rings. The van der Waals surface area contributed by atoms with Crippen molar-refractivity contribution in [3.05, 3.63) is 35.9 Å². The van der Waals surface area contributed by atoms with Gasteiger partial charge in [-0.2, -0.15) is 0 Å². The van der Waals surface area contributed by atoms with Gasteiger partial charge < -0.3 is 0 Å². The summed E-state index contributed by atoms with van der Waals surface area (Å²) < 4.78 is 1.94. The molecule has 0 aliphatic heterocycles. The zero-order valence-corrected chi connectivity index (χ0v) is 11.1. The van der Waals surface area contributed by atoms with Crippen LogP contribution in [0.15, 0.2) is 30.3 Å². The van der Waals surface area contributed by atoms with Crippen LogP contribution in [0.2, 0.25) is 0 Å². The molecule has 0 heterocycles. The van der Waals surface area contributed by atoms with E-state index in [2.05, 4.69) is 0 Å². The number of nitrogens with zero attached hydrogens (tertiary/aromatic N) is 1. The maximum absolute atomic E-state index is 11.0. The van der Waals surface area contributed by atoms with E-state index in [1.54, 1.807) is 0 Å². The van der Waals surface area contributed by atoms with Crippen LogP contribution in [0, 0.1) is 5.43 Å². The second-order valence-electron chi connectivity index (χ2n) is 2.37. The van der Waals surface area contributed by atoms with Crippen molar-refractivity contribution in [2.24, 2.45) is 0 Å². The molecule has 62 valence electrons. The molecule has 0 aliphatic rings. The van der Waals surface area contributed by atoms with Crippen LogP contribution < -0.4 is 0 Å². The fourth-order valence-electron chi connectivity index (χ4n) is 0.828. The van der Waals surface area contributed by atoms with Crippen LogP contribution in [0.5, 0.6) is 0 Å². The Morgan fingerprint density at radius 1 is 1.46 bits per heavy atom. The number of nitriles is 1. The third kappa shape index (κ3) is 6.14. The predicted molar refractivity (Wildman–Crippen MR) is 52.4 cm³/mol. The van der Waals surface area contributed by atoms with Crippen molar-refractivity contribution < 1.29 is 4.79 Å². The standard InChI is InChI=1S/C9H10O.CN.K/c1-2-9(10)8-6-4-3-5-7-8;1-2;/h3-7H,2H2,1H3;;. The first-order chi connectivity index (χ1) is 6.26. The molecule has 0 amide bonds. The fraction of sp³-hybridized carbons (Fsp3) is 0.200. The molecule has 1 aromatic rings. The summed E-state index contributed by atoms with van der Waals surface area (Å²) in [6, 6.07) is 9.34. The number of benzene rings is 1. The number of ketones is 1. The molecule has 0 saturated carbocycles. The predicted octanol–water partition coefficient (Wildman–Crippen LogP) is 1.92. The Bertz CT molecular complexity index is 290. The van der Waals surface area contributed by atoms with Crippen molar-refractivity contribution in [2.75, 3.05) is 0 Å². The van der Waals surface area contributed by atoms with Gasteiger partial charge in [-0.25, -0.2) is 0 Å². The summed E-state index contributed by atoms with van der Waals surface area (Å²) >= 11 is 0.410. The van der Waals surface area contributed by atoms with Gasteiger partial charge in [-0.05, 0) is 0 Å². The van der Waals surface area contributed by atoms with Gasteiger partial charge >= 0.3 is 54.4 Å².